The van der Waals surface area contributed by atoms with Gasteiger partial charge < -0.3 is 5.32 Å². The fraction of sp³-hybridized carbons (Fsp3) is 0.385. The SMILES string of the molecule is O=[N+]([O-])c1ccc(F)c(F)c1NC1CC2CC=CC21. The number of anilines is 1. The number of rotatable bonds is 3. The van der Waals surface area contributed by atoms with Crippen LogP contribution < -0.4 is 5.32 Å². The predicted molar refractivity (Wildman–Crippen MR) is 65.8 cm³/mol. The number of nitrogens with one attached hydrogen (secondary N) is 1. The van der Waals surface area contributed by atoms with Gasteiger partial charge in [0, 0.05) is 18.0 Å². The van der Waals surface area contributed by atoms with Crippen molar-refractivity contribution in [3.05, 3.63) is 46.0 Å². The van der Waals surface area contributed by atoms with Crippen LogP contribution >= 0.6 is 0 Å². The number of fused-ring (bicyclic) bond motifs is 1. The largest absolute Gasteiger partial charge is 0.374 e. The number of benzene rings is 1. The van der Waals surface area contributed by atoms with Crippen LogP contribution in [0.3, 0.4) is 0 Å². The van der Waals surface area contributed by atoms with Crippen molar-refractivity contribution in [1.82, 2.24) is 0 Å². The molecule has 0 bridgehead atoms. The van der Waals surface area contributed by atoms with Crippen molar-refractivity contribution in [2.45, 2.75) is 18.9 Å². The van der Waals surface area contributed by atoms with Gasteiger partial charge in [-0.1, -0.05) is 12.2 Å². The number of hydrogen-bond donors (Lipinski definition) is 1. The number of nitro groups is 1. The van der Waals surface area contributed by atoms with E-state index in [0.29, 0.717) is 5.92 Å². The second-order valence-corrected chi connectivity index (χ2v) is 5.00. The van der Waals surface area contributed by atoms with Gasteiger partial charge in [0.05, 0.1) is 4.92 Å². The molecule has 3 atom stereocenters. The number of hydrogen-bond acceptors (Lipinski definition) is 3. The molecule has 0 radical (unpaired) electrons. The second-order valence-electron chi connectivity index (χ2n) is 5.00. The minimum absolute atomic E-state index is 0.0567. The Morgan fingerprint density at radius 3 is 2.84 bits per heavy atom. The molecule has 3 unspecified atom stereocenters. The highest BCUT2D eigenvalue weighted by Gasteiger charge is 2.42. The highest BCUT2D eigenvalue weighted by Crippen LogP contribution is 2.45. The molecule has 2 aliphatic rings. The number of halogens is 2. The van der Waals surface area contributed by atoms with Crippen LogP contribution in [0.2, 0.25) is 0 Å². The van der Waals surface area contributed by atoms with E-state index in [2.05, 4.69) is 11.4 Å². The minimum Gasteiger partial charge on any atom is -0.374 e. The summed E-state index contributed by atoms with van der Waals surface area (Å²) in [6.45, 7) is 0. The van der Waals surface area contributed by atoms with Gasteiger partial charge in [-0.15, -0.1) is 0 Å². The third-order valence-electron chi connectivity index (χ3n) is 3.96. The lowest BCUT2D eigenvalue weighted by Gasteiger charge is -2.41. The van der Waals surface area contributed by atoms with Gasteiger partial charge in [0.25, 0.3) is 5.69 Å². The van der Waals surface area contributed by atoms with E-state index in [0.717, 1.165) is 25.0 Å². The average molecular weight is 266 g/mol. The molecule has 19 heavy (non-hydrogen) atoms. The zero-order valence-electron chi connectivity index (χ0n) is 9.98. The van der Waals surface area contributed by atoms with E-state index in [9.17, 15) is 18.9 Å². The van der Waals surface area contributed by atoms with E-state index in [1.165, 1.54) is 0 Å². The Bertz CT molecular complexity index is 574. The van der Waals surface area contributed by atoms with Crippen molar-refractivity contribution in [3.8, 4) is 0 Å². The molecule has 1 fully saturated rings. The van der Waals surface area contributed by atoms with Gasteiger partial charge >= 0.3 is 0 Å². The first kappa shape index (κ1) is 12.1. The van der Waals surface area contributed by atoms with Crippen LogP contribution in [0.1, 0.15) is 12.8 Å². The van der Waals surface area contributed by atoms with Gasteiger partial charge in [-0.25, -0.2) is 8.78 Å². The second kappa shape index (κ2) is 4.29. The summed E-state index contributed by atoms with van der Waals surface area (Å²) in [7, 11) is 0. The summed E-state index contributed by atoms with van der Waals surface area (Å²) < 4.78 is 26.9. The zero-order chi connectivity index (χ0) is 13.6. The molecule has 4 nitrogen and oxygen atoms in total. The van der Waals surface area contributed by atoms with Crippen LogP contribution in [0, 0.1) is 33.6 Å². The first-order valence-corrected chi connectivity index (χ1v) is 6.13. The van der Waals surface area contributed by atoms with Gasteiger partial charge in [0.1, 0.15) is 0 Å². The average Bonchev–Trinajstić information content (AvgIpc) is 2.72. The standard InChI is InChI=1S/C13H12F2N2O2/c14-9-4-5-11(17(18)19)13(12(9)15)16-10-6-7-2-1-3-8(7)10/h1,3-5,7-8,10,16H,2,6H2. The summed E-state index contributed by atoms with van der Waals surface area (Å²) in [5, 5.41) is 13.7. The van der Waals surface area contributed by atoms with Gasteiger partial charge in [-0.3, -0.25) is 10.1 Å². The summed E-state index contributed by atoms with van der Waals surface area (Å²) in [6, 6.07) is 1.71. The van der Waals surface area contributed by atoms with Crippen molar-refractivity contribution in [1.29, 1.82) is 0 Å². The Hall–Kier alpha value is -1.98. The molecule has 0 saturated heterocycles. The Morgan fingerprint density at radius 2 is 2.16 bits per heavy atom. The summed E-state index contributed by atoms with van der Waals surface area (Å²) in [4.78, 5) is 10.2. The number of nitro benzene ring substituents is 1. The van der Waals surface area contributed by atoms with Crippen LogP contribution in [0.25, 0.3) is 0 Å². The maximum Gasteiger partial charge on any atom is 0.295 e. The van der Waals surface area contributed by atoms with Gasteiger partial charge in [-0.2, -0.15) is 0 Å². The molecule has 0 amide bonds. The fourth-order valence-electron chi connectivity index (χ4n) is 2.90. The number of allylic oxidation sites excluding steroid dienone is 1. The Balaban J connectivity index is 1.89. The molecule has 2 aliphatic carbocycles. The van der Waals surface area contributed by atoms with E-state index in [4.69, 9.17) is 0 Å². The van der Waals surface area contributed by atoms with Gasteiger partial charge in [0.2, 0.25) is 0 Å². The van der Waals surface area contributed by atoms with E-state index in [-0.39, 0.29) is 17.6 Å². The molecule has 100 valence electrons. The van der Waals surface area contributed by atoms with Crippen LogP contribution in [-0.4, -0.2) is 11.0 Å². The Labute approximate surface area is 108 Å². The van der Waals surface area contributed by atoms with Crippen molar-refractivity contribution in [3.63, 3.8) is 0 Å². The third-order valence-corrected chi connectivity index (χ3v) is 3.96. The van der Waals surface area contributed by atoms with Crippen molar-refractivity contribution in [2.75, 3.05) is 5.32 Å². The predicted octanol–water partition coefficient (Wildman–Crippen LogP) is 3.25. The summed E-state index contributed by atoms with van der Waals surface area (Å²) in [5.41, 5.74) is -0.766. The maximum absolute atomic E-state index is 13.7. The molecule has 1 saturated carbocycles. The molecule has 3 rings (SSSR count). The smallest absolute Gasteiger partial charge is 0.295 e. The first-order valence-electron chi connectivity index (χ1n) is 6.13. The molecular formula is C13H12F2N2O2. The molecule has 6 heteroatoms. The van der Waals surface area contributed by atoms with Crippen molar-refractivity contribution >= 4 is 11.4 Å². The zero-order valence-corrected chi connectivity index (χ0v) is 9.98. The molecule has 0 heterocycles. The molecular weight excluding hydrogens is 254 g/mol. The molecule has 0 aliphatic heterocycles. The molecule has 0 aromatic heterocycles. The number of nitrogens with zero attached hydrogens (tertiary/aromatic N) is 1. The highest BCUT2D eigenvalue weighted by molar-refractivity contribution is 5.63. The molecule has 1 aromatic rings. The van der Waals surface area contributed by atoms with Crippen molar-refractivity contribution in [2.24, 2.45) is 11.8 Å². The highest BCUT2D eigenvalue weighted by atomic mass is 19.2. The van der Waals surface area contributed by atoms with Crippen molar-refractivity contribution < 1.29 is 13.7 Å². The van der Waals surface area contributed by atoms with Gasteiger partial charge in [-0.05, 0) is 24.8 Å². The van der Waals surface area contributed by atoms with Crippen LogP contribution in [0.5, 0.6) is 0 Å². The van der Waals surface area contributed by atoms with E-state index >= 15 is 0 Å². The first-order chi connectivity index (χ1) is 9.08. The van der Waals surface area contributed by atoms with Crippen LogP contribution in [0.4, 0.5) is 20.2 Å². The summed E-state index contributed by atoms with van der Waals surface area (Å²) in [5.74, 6) is -1.46. The summed E-state index contributed by atoms with van der Waals surface area (Å²) in [6.07, 6.45) is 5.92. The lowest BCUT2D eigenvalue weighted by molar-refractivity contribution is -0.384. The topological polar surface area (TPSA) is 55.2 Å². The normalized spacial score (nSPS) is 27.8. The Kier molecular flexibility index (Phi) is 2.73. The van der Waals surface area contributed by atoms with E-state index in [1.54, 1.807) is 0 Å². The monoisotopic (exact) mass is 266 g/mol. The lowest BCUT2D eigenvalue weighted by atomic mass is 9.71. The Morgan fingerprint density at radius 1 is 1.37 bits per heavy atom. The van der Waals surface area contributed by atoms with E-state index in [1.807, 2.05) is 6.08 Å². The fourth-order valence-corrected chi connectivity index (χ4v) is 2.90. The quantitative estimate of drug-likeness (QED) is 0.519. The van der Waals surface area contributed by atoms with Gasteiger partial charge in [0.15, 0.2) is 17.3 Å². The van der Waals surface area contributed by atoms with Crippen LogP contribution in [-0.2, 0) is 0 Å². The maximum atomic E-state index is 13.7. The minimum atomic E-state index is -1.18. The molecule has 1 N–H and O–H groups in total. The van der Waals surface area contributed by atoms with E-state index < -0.39 is 22.2 Å². The lowest BCUT2D eigenvalue weighted by Crippen LogP contribution is -2.43. The molecule has 1 aromatic carbocycles. The van der Waals surface area contributed by atoms with Crippen LogP contribution in [0.15, 0.2) is 24.3 Å². The molecule has 0 spiro atoms. The third kappa shape index (κ3) is 1.87. The summed E-state index contributed by atoms with van der Waals surface area (Å²) >= 11 is 0.